The van der Waals surface area contributed by atoms with Gasteiger partial charge in [0, 0.05) is 0 Å². The minimum Gasteiger partial charge on any atom is -0.478 e. The van der Waals surface area contributed by atoms with E-state index in [1.54, 1.807) is 12.1 Å². The summed E-state index contributed by atoms with van der Waals surface area (Å²) in [5.74, 6) is -0.855. The minimum absolute atomic E-state index is 0.342. The number of carbonyl (C=O) groups is 1. The molecular formula is C13H15NO3. The third-order valence-corrected chi connectivity index (χ3v) is 3.65. The molecule has 0 spiro atoms. The molecule has 1 N–H and O–H groups in total. The lowest BCUT2D eigenvalue weighted by Crippen LogP contribution is -2.46. The molecule has 2 atom stereocenters. The number of carboxylic acids is 1. The van der Waals surface area contributed by atoms with Gasteiger partial charge in [0.05, 0.1) is 36.5 Å². The highest BCUT2D eigenvalue weighted by Crippen LogP contribution is 2.35. The number of aromatic carboxylic acids is 1. The smallest absolute Gasteiger partial charge is 0.337 e. The molecule has 1 aromatic rings. The van der Waals surface area contributed by atoms with Crippen LogP contribution >= 0.6 is 0 Å². The molecule has 2 fully saturated rings. The molecule has 0 aliphatic carbocycles. The predicted octanol–water partition coefficient (Wildman–Crippen LogP) is 1.75. The average molecular weight is 233 g/mol. The SMILES string of the molecule is O=C(O)c1ccccc1N1C2CCC1COC2. The zero-order valence-corrected chi connectivity index (χ0v) is 9.50. The second-order valence-electron chi connectivity index (χ2n) is 4.65. The molecule has 1 aromatic carbocycles. The van der Waals surface area contributed by atoms with Crippen molar-refractivity contribution in [1.29, 1.82) is 0 Å². The van der Waals surface area contributed by atoms with Crippen molar-refractivity contribution in [1.82, 2.24) is 0 Å². The monoisotopic (exact) mass is 233 g/mol. The molecule has 2 aliphatic rings. The first kappa shape index (κ1) is 10.6. The number of anilines is 1. The lowest BCUT2D eigenvalue weighted by Gasteiger charge is -2.37. The summed E-state index contributed by atoms with van der Waals surface area (Å²) in [7, 11) is 0. The Hall–Kier alpha value is -1.55. The number of morpholine rings is 1. The molecule has 0 radical (unpaired) electrons. The molecular weight excluding hydrogens is 218 g/mol. The Morgan fingerprint density at radius 1 is 1.24 bits per heavy atom. The van der Waals surface area contributed by atoms with Gasteiger partial charge >= 0.3 is 5.97 Å². The van der Waals surface area contributed by atoms with Crippen molar-refractivity contribution in [2.45, 2.75) is 24.9 Å². The first-order valence-corrected chi connectivity index (χ1v) is 5.96. The van der Waals surface area contributed by atoms with E-state index in [1.807, 2.05) is 12.1 Å². The van der Waals surface area contributed by atoms with Gasteiger partial charge in [0.1, 0.15) is 0 Å². The number of ether oxygens (including phenoxy) is 1. The van der Waals surface area contributed by atoms with Gasteiger partial charge < -0.3 is 14.7 Å². The van der Waals surface area contributed by atoms with Crippen molar-refractivity contribution < 1.29 is 14.6 Å². The summed E-state index contributed by atoms with van der Waals surface area (Å²) in [4.78, 5) is 13.5. The maximum Gasteiger partial charge on any atom is 0.337 e. The van der Waals surface area contributed by atoms with Crippen LogP contribution in [0.4, 0.5) is 5.69 Å². The van der Waals surface area contributed by atoms with Crippen LogP contribution < -0.4 is 4.90 Å². The van der Waals surface area contributed by atoms with E-state index in [-0.39, 0.29) is 0 Å². The number of para-hydroxylation sites is 1. The van der Waals surface area contributed by atoms with Gasteiger partial charge in [0.2, 0.25) is 0 Å². The fraction of sp³-hybridized carbons (Fsp3) is 0.462. The maximum atomic E-state index is 11.2. The summed E-state index contributed by atoms with van der Waals surface area (Å²) in [6.45, 7) is 1.43. The number of rotatable bonds is 2. The van der Waals surface area contributed by atoms with Gasteiger partial charge in [-0.3, -0.25) is 0 Å². The molecule has 2 aliphatic heterocycles. The van der Waals surface area contributed by atoms with Crippen LogP contribution in [0.2, 0.25) is 0 Å². The van der Waals surface area contributed by atoms with Gasteiger partial charge in [0.25, 0.3) is 0 Å². The number of fused-ring (bicyclic) bond motifs is 2. The van der Waals surface area contributed by atoms with Crippen LogP contribution in [0.25, 0.3) is 0 Å². The summed E-state index contributed by atoms with van der Waals surface area (Å²) in [6.07, 6.45) is 2.19. The van der Waals surface area contributed by atoms with Gasteiger partial charge in [-0.05, 0) is 25.0 Å². The minimum atomic E-state index is -0.855. The van der Waals surface area contributed by atoms with Gasteiger partial charge in [-0.2, -0.15) is 0 Å². The first-order chi connectivity index (χ1) is 8.27. The lowest BCUT2D eigenvalue weighted by atomic mass is 10.1. The highest BCUT2D eigenvalue weighted by atomic mass is 16.5. The second-order valence-corrected chi connectivity index (χ2v) is 4.65. The summed E-state index contributed by atoms with van der Waals surface area (Å²) in [6, 6.07) is 7.93. The van der Waals surface area contributed by atoms with E-state index in [9.17, 15) is 9.90 Å². The molecule has 0 saturated carbocycles. The topological polar surface area (TPSA) is 49.8 Å². The molecule has 90 valence electrons. The number of benzene rings is 1. The average Bonchev–Trinajstić information content (AvgIpc) is 2.58. The molecule has 4 nitrogen and oxygen atoms in total. The van der Waals surface area contributed by atoms with E-state index in [1.165, 1.54) is 0 Å². The van der Waals surface area contributed by atoms with Gasteiger partial charge in [0.15, 0.2) is 0 Å². The molecule has 2 saturated heterocycles. The number of hydrogen-bond donors (Lipinski definition) is 1. The zero-order chi connectivity index (χ0) is 11.8. The van der Waals surface area contributed by atoms with Crippen molar-refractivity contribution in [3.8, 4) is 0 Å². The van der Waals surface area contributed by atoms with E-state index in [0.717, 1.165) is 18.5 Å². The van der Waals surface area contributed by atoms with E-state index >= 15 is 0 Å². The zero-order valence-electron chi connectivity index (χ0n) is 9.50. The van der Waals surface area contributed by atoms with Crippen molar-refractivity contribution in [3.63, 3.8) is 0 Å². The lowest BCUT2D eigenvalue weighted by molar-refractivity contribution is 0.0693. The Bertz CT molecular complexity index is 430. The Morgan fingerprint density at radius 3 is 2.53 bits per heavy atom. The van der Waals surface area contributed by atoms with Gasteiger partial charge in [-0.15, -0.1) is 0 Å². The van der Waals surface area contributed by atoms with E-state index in [4.69, 9.17) is 4.74 Å². The second kappa shape index (κ2) is 4.04. The van der Waals surface area contributed by atoms with Crippen LogP contribution in [0.15, 0.2) is 24.3 Å². The molecule has 0 amide bonds. The Labute approximate surface area is 99.8 Å². The molecule has 3 rings (SSSR count). The quantitative estimate of drug-likeness (QED) is 0.845. The summed E-state index contributed by atoms with van der Waals surface area (Å²) in [5, 5.41) is 9.23. The fourth-order valence-electron chi connectivity index (χ4n) is 2.90. The Balaban J connectivity index is 2.01. The van der Waals surface area contributed by atoms with Crippen molar-refractivity contribution in [3.05, 3.63) is 29.8 Å². The highest BCUT2D eigenvalue weighted by Gasteiger charge is 2.38. The van der Waals surface area contributed by atoms with Crippen molar-refractivity contribution in [2.24, 2.45) is 0 Å². The van der Waals surface area contributed by atoms with Crippen LogP contribution in [0.3, 0.4) is 0 Å². The number of carboxylic acid groups (broad SMARTS) is 1. The predicted molar refractivity (Wildman–Crippen MR) is 63.5 cm³/mol. The number of hydrogen-bond acceptors (Lipinski definition) is 3. The standard InChI is InChI=1S/C13H15NO3/c15-13(16)11-3-1-2-4-12(11)14-9-5-6-10(14)8-17-7-9/h1-4,9-10H,5-8H2,(H,15,16). The maximum absolute atomic E-state index is 11.2. The van der Waals surface area contributed by atoms with Crippen LogP contribution in [-0.4, -0.2) is 36.4 Å². The summed E-state index contributed by atoms with van der Waals surface area (Å²) >= 11 is 0. The van der Waals surface area contributed by atoms with Crippen LogP contribution in [0, 0.1) is 0 Å². The van der Waals surface area contributed by atoms with E-state index in [2.05, 4.69) is 4.90 Å². The largest absolute Gasteiger partial charge is 0.478 e. The van der Waals surface area contributed by atoms with Gasteiger partial charge in [-0.1, -0.05) is 12.1 Å². The van der Waals surface area contributed by atoms with Gasteiger partial charge in [-0.25, -0.2) is 4.79 Å². The van der Waals surface area contributed by atoms with E-state index in [0.29, 0.717) is 30.9 Å². The molecule has 2 unspecified atom stereocenters. The normalized spacial score (nSPS) is 27.2. The Kier molecular flexibility index (Phi) is 2.52. The number of nitrogens with zero attached hydrogens (tertiary/aromatic N) is 1. The molecule has 2 bridgehead atoms. The molecule has 0 aromatic heterocycles. The van der Waals surface area contributed by atoms with Crippen LogP contribution in [0.1, 0.15) is 23.2 Å². The first-order valence-electron chi connectivity index (χ1n) is 5.96. The molecule has 4 heteroatoms. The molecule has 2 heterocycles. The molecule has 17 heavy (non-hydrogen) atoms. The van der Waals surface area contributed by atoms with Crippen molar-refractivity contribution >= 4 is 11.7 Å². The van der Waals surface area contributed by atoms with Crippen LogP contribution in [0.5, 0.6) is 0 Å². The third-order valence-electron chi connectivity index (χ3n) is 3.65. The van der Waals surface area contributed by atoms with Crippen LogP contribution in [-0.2, 0) is 4.74 Å². The summed E-state index contributed by atoms with van der Waals surface area (Å²) in [5.41, 5.74) is 1.24. The Morgan fingerprint density at radius 2 is 1.88 bits per heavy atom. The highest BCUT2D eigenvalue weighted by molar-refractivity contribution is 5.94. The van der Waals surface area contributed by atoms with Crippen molar-refractivity contribution in [2.75, 3.05) is 18.1 Å². The van der Waals surface area contributed by atoms with E-state index < -0.39 is 5.97 Å². The fourth-order valence-corrected chi connectivity index (χ4v) is 2.90. The third kappa shape index (κ3) is 1.69. The summed E-state index contributed by atoms with van der Waals surface area (Å²) < 4.78 is 5.52.